The number of fused-ring (bicyclic) bond motifs is 2. The van der Waals surface area contributed by atoms with Gasteiger partial charge in [0, 0.05) is 23.2 Å². The van der Waals surface area contributed by atoms with Gasteiger partial charge in [0.05, 0.1) is 6.04 Å². The van der Waals surface area contributed by atoms with Gasteiger partial charge in [0.2, 0.25) is 0 Å². The zero-order valence-corrected chi connectivity index (χ0v) is 16.9. The van der Waals surface area contributed by atoms with Crippen LogP contribution in [0.1, 0.15) is 71.6 Å². The van der Waals surface area contributed by atoms with Crippen LogP contribution in [0.3, 0.4) is 0 Å². The van der Waals surface area contributed by atoms with E-state index >= 15 is 0 Å². The summed E-state index contributed by atoms with van der Waals surface area (Å²) in [6.07, 6.45) is 7.59. The molecule has 2 aromatic rings. The maximum absolute atomic E-state index is 13.5. The molecule has 1 atom stereocenters. The SMILES string of the molecule is Cc1cccc(C)c1C(=O)N[C@H](c1ccccc1)C12CCC(CC1)N2C1CC1. The molecule has 3 nitrogen and oxygen atoms in total. The number of carbonyl (C=O) groups excluding carboxylic acids is 1. The molecular weight excluding hydrogens is 344 g/mol. The van der Waals surface area contributed by atoms with Crippen molar-refractivity contribution in [3.8, 4) is 0 Å². The maximum Gasteiger partial charge on any atom is 0.252 e. The standard InChI is InChI=1S/C25H30N2O/c1-17-7-6-8-18(2)22(17)24(28)26-23(19-9-4-3-5-10-19)25-15-13-21(14-16-25)27(25)20-11-12-20/h3-10,20-21,23H,11-16H2,1-2H3,(H,26,28)/t21?,23-,25?/m1/s1. The van der Waals surface area contributed by atoms with Crippen LogP contribution in [0.15, 0.2) is 48.5 Å². The summed E-state index contributed by atoms with van der Waals surface area (Å²) in [4.78, 5) is 16.3. The predicted molar refractivity (Wildman–Crippen MR) is 112 cm³/mol. The molecule has 5 rings (SSSR count). The monoisotopic (exact) mass is 374 g/mol. The van der Waals surface area contributed by atoms with Gasteiger partial charge in [-0.05, 0) is 69.1 Å². The van der Waals surface area contributed by atoms with E-state index in [2.05, 4.69) is 40.5 Å². The molecule has 2 aromatic carbocycles. The molecule has 28 heavy (non-hydrogen) atoms. The topological polar surface area (TPSA) is 32.3 Å². The fourth-order valence-electron chi connectivity index (χ4n) is 6.00. The molecule has 2 bridgehead atoms. The van der Waals surface area contributed by atoms with Crippen molar-refractivity contribution in [3.05, 3.63) is 70.8 Å². The Bertz CT molecular complexity index is 858. The number of hydrogen-bond acceptors (Lipinski definition) is 2. The second-order valence-corrected chi connectivity index (χ2v) is 9.06. The Morgan fingerprint density at radius 3 is 2.14 bits per heavy atom. The van der Waals surface area contributed by atoms with Crippen LogP contribution in [0.2, 0.25) is 0 Å². The van der Waals surface area contributed by atoms with E-state index < -0.39 is 0 Å². The summed E-state index contributed by atoms with van der Waals surface area (Å²) in [5.41, 5.74) is 4.27. The van der Waals surface area contributed by atoms with Crippen LogP contribution >= 0.6 is 0 Å². The average molecular weight is 375 g/mol. The fraction of sp³-hybridized carbons (Fsp3) is 0.480. The quantitative estimate of drug-likeness (QED) is 0.804. The first-order chi connectivity index (χ1) is 13.6. The molecule has 2 heterocycles. The third-order valence-corrected chi connectivity index (χ3v) is 7.32. The number of amides is 1. The summed E-state index contributed by atoms with van der Waals surface area (Å²) in [7, 11) is 0. The minimum Gasteiger partial charge on any atom is -0.343 e. The number of rotatable bonds is 5. The Labute approximate surface area is 168 Å². The Kier molecular flexibility index (Phi) is 4.31. The molecule has 1 saturated carbocycles. The zero-order chi connectivity index (χ0) is 19.3. The van der Waals surface area contributed by atoms with Crippen molar-refractivity contribution in [2.24, 2.45) is 0 Å². The lowest BCUT2D eigenvalue weighted by Gasteiger charge is -2.43. The van der Waals surface area contributed by atoms with Crippen molar-refractivity contribution >= 4 is 5.91 Å². The van der Waals surface area contributed by atoms with Crippen LogP contribution in [0.4, 0.5) is 0 Å². The smallest absolute Gasteiger partial charge is 0.252 e. The van der Waals surface area contributed by atoms with Gasteiger partial charge in [-0.15, -0.1) is 0 Å². The van der Waals surface area contributed by atoms with E-state index in [0.717, 1.165) is 28.8 Å². The van der Waals surface area contributed by atoms with E-state index in [1.54, 1.807) is 0 Å². The molecule has 3 heteroatoms. The van der Waals surface area contributed by atoms with Crippen molar-refractivity contribution < 1.29 is 4.79 Å². The van der Waals surface area contributed by atoms with Gasteiger partial charge in [0.25, 0.3) is 5.91 Å². The van der Waals surface area contributed by atoms with E-state index in [1.807, 2.05) is 32.0 Å². The molecule has 2 aliphatic heterocycles. The van der Waals surface area contributed by atoms with E-state index in [0.29, 0.717) is 0 Å². The van der Waals surface area contributed by atoms with Crippen molar-refractivity contribution in [1.29, 1.82) is 0 Å². The molecule has 0 radical (unpaired) electrons. The fourth-order valence-corrected chi connectivity index (χ4v) is 6.00. The van der Waals surface area contributed by atoms with Gasteiger partial charge in [-0.1, -0.05) is 48.5 Å². The summed E-state index contributed by atoms with van der Waals surface area (Å²) in [6.45, 7) is 4.07. The highest BCUT2D eigenvalue weighted by molar-refractivity contribution is 5.97. The lowest BCUT2D eigenvalue weighted by atomic mass is 9.78. The number of benzene rings is 2. The normalized spacial score (nSPS) is 27.7. The van der Waals surface area contributed by atoms with E-state index in [4.69, 9.17) is 0 Å². The van der Waals surface area contributed by atoms with E-state index in [9.17, 15) is 4.79 Å². The van der Waals surface area contributed by atoms with Crippen molar-refractivity contribution in [3.63, 3.8) is 0 Å². The van der Waals surface area contributed by atoms with Gasteiger partial charge < -0.3 is 5.32 Å². The van der Waals surface area contributed by atoms with Gasteiger partial charge in [0.1, 0.15) is 0 Å². The van der Waals surface area contributed by atoms with Crippen LogP contribution in [0.25, 0.3) is 0 Å². The van der Waals surface area contributed by atoms with Gasteiger partial charge >= 0.3 is 0 Å². The first-order valence-corrected chi connectivity index (χ1v) is 10.8. The largest absolute Gasteiger partial charge is 0.343 e. The van der Waals surface area contributed by atoms with Crippen molar-refractivity contribution in [2.45, 2.75) is 76.0 Å². The Morgan fingerprint density at radius 2 is 1.54 bits per heavy atom. The van der Waals surface area contributed by atoms with Crippen LogP contribution < -0.4 is 5.32 Å². The highest BCUT2D eigenvalue weighted by atomic mass is 16.1. The summed E-state index contributed by atoms with van der Waals surface area (Å²) in [5.74, 6) is 0.0740. The number of aryl methyl sites for hydroxylation is 2. The number of nitrogens with zero attached hydrogens (tertiary/aromatic N) is 1. The summed E-state index contributed by atoms with van der Waals surface area (Å²) < 4.78 is 0. The van der Waals surface area contributed by atoms with Gasteiger partial charge in [-0.2, -0.15) is 0 Å². The number of nitrogens with one attached hydrogen (secondary N) is 1. The van der Waals surface area contributed by atoms with Crippen LogP contribution in [-0.2, 0) is 0 Å². The van der Waals surface area contributed by atoms with E-state index in [-0.39, 0.29) is 17.5 Å². The molecule has 0 aromatic heterocycles. The van der Waals surface area contributed by atoms with Crippen LogP contribution in [0, 0.1) is 13.8 Å². The number of carbonyl (C=O) groups is 1. The number of hydrogen-bond donors (Lipinski definition) is 1. The summed E-state index contributed by atoms with van der Waals surface area (Å²) in [5, 5.41) is 3.52. The minimum atomic E-state index is 0.0494. The molecule has 146 valence electrons. The van der Waals surface area contributed by atoms with Gasteiger partial charge in [-0.3, -0.25) is 9.69 Å². The van der Waals surface area contributed by atoms with Gasteiger partial charge in [-0.25, -0.2) is 0 Å². The Hall–Kier alpha value is -2.13. The highest BCUT2D eigenvalue weighted by Crippen LogP contribution is 2.56. The second kappa shape index (κ2) is 6.73. The Balaban J connectivity index is 1.54. The molecular formula is C25H30N2O. The van der Waals surface area contributed by atoms with E-state index in [1.165, 1.54) is 44.1 Å². The maximum atomic E-state index is 13.5. The molecule has 3 aliphatic rings. The van der Waals surface area contributed by atoms with Crippen LogP contribution in [0.5, 0.6) is 0 Å². The molecule has 2 saturated heterocycles. The minimum absolute atomic E-state index is 0.0494. The Morgan fingerprint density at radius 1 is 0.929 bits per heavy atom. The highest BCUT2D eigenvalue weighted by Gasteiger charge is 2.60. The first-order valence-electron chi connectivity index (χ1n) is 10.8. The predicted octanol–water partition coefficient (Wildman–Crippen LogP) is 4.93. The van der Waals surface area contributed by atoms with Crippen molar-refractivity contribution in [1.82, 2.24) is 10.2 Å². The second-order valence-electron chi connectivity index (χ2n) is 9.06. The molecule has 1 N–H and O–H groups in total. The summed E-state index contributed by atoms with van der Waals surface area (Å²) >= 11 is 0. The molecule has 0 spiro atoms. The molecule has 3 fully saturated rings. The third-order valence-electron chi connectivity index (χ3n) is 7.32. The summed E-state index contributed by atoms with van der Waals surface area (Å²) in [6, 6.07) is 18.3. The lowest BCUT2D eigenvalue weighted by molar-refractivity contribution is 0.0754. The lowest BCUT2D eigenvalue weighted by Crippen LogP contribution is -2.53. The zero-order valence-electron chi connectivity index (χ0n) is 16.9. The van der Waals surface area contributed by atoms with Gasteiger partial charge in [0.15, 0.2) is 0 Å². The van der Waals surface area contributed by atoms with Crippen LogP contribution in [-0.4, -0.2) is 28.4 Å². The third kappa shape index (κ3) is 2.79. The average Bonchev–Trinajstić information content (AvgIpc) is 3.39. The van der Waals surface area contributed by atoms with Crippen molar-refractivity contribution in [2.75, 3.05) is 0 Å². The molecule has 1 aliphatic carbocycles. The first kappa shape index (κ1) is 17.9. The molecule has 0 unspecified atom stereocenters. The molecule has 1 amide bonds.